The van der Waals surface area contributed by atoms with E-state index in [1.807, 2.05) is 31.3 Å². The summed E-state index contributed by atoms with van der Waals surface area (Å²) in [7, 11) is 1.92. The van der Waals surface area contributed by atoms with Crippen LogP contribution in [0.5, 0.6) is 5.75 Å². The molecule has 1 fully saturated rings. The van der Waals surface area contributed by atoms with E-state index in [4.69, 9.17) is 9.47 Å². The Morgan fingerprint density at radius 3 is 2.95 bits per heavy atom. The van der Waals surface area contributed by atoms with Gasteiger partial charge < -0.3 is 14.8 Å². The molecule has 0 amide bonds. The molecule has 1 saturated heterocycles. The summed E-state index contributed by atoms with van der Waals surface area (Å²) in [6.07, 6.45) is 2.49. The monoisotopic (exact) mass is 287 g/mol. The summed E-state index contributed by atoms with van der Waals surface area (Å²) in [5, 5.41) is 10.4. The minimum Gasteiger partial charge on any atom is -0.491 e. The summed E-state index contributed by atoms with van der Waals surface area (Å²) in [6.45, 7) is 2.28. The number of aromatic amines is 1. The van der Waals surface area contributed by atoms with E-state index >= 15 is 0 Å². The summed E-state index contributed by atoms with van der Waals surface area (Å²) < 4.78 is 11.3. The standard InChI is InChI=1S/C16H21N3O2/c1-17-10-13-9-16(19-18-13)12-4-6-14(7-5-12)21-11-15-3-2-8-20-15/h4-7,9,15,17H,2-3,8,10-11H2,1H3,(H,18,19). The SMILES string of the molecule is CNCc1cc(-c2ccc(OCC3CCCO3)cc2)n[nH]1. The maximum atomic E-state index is 5.76. The molecule has 0 radical (unpaired) electrons. The second-order valence-electron chi connectivity index (χ2n) is 5.28. The molecule has 2 heterocycles. The number of nitrogens with one attached hydrogen (secondary N) is 2. The van der Waals surface area contributed by atoms with E-state index in [0.717, 1.165) is 48.7 Å². The molecule has 1 aliphatic heterocycles. The normalized spacial score (nSPS) is 18.0. The molecule has 2 aromatic rings. The van der Waals surface area contributed by atoms with E-state index in [0.29, 0.717) is 6.61 Å². The third kappa shape index (κ3) is 3.62. The minimum atomic E-state index is 0.250. The number of hydrogen-bond donors (Lipinski definition) is 2. The van der Waals surface area contributed by atoms with Crippen LogP contribution in [-0.4, -0.2) is 36.6 Å². The van der Waals surface area contributed by atoms with Crippen molar-refractivity contribution in [3.63, 3.8) is 0 Å². The van der Waals surface area contributed by atoms with E-state index in [2.05, 4.69) is 21.6 Å². The Hall–Kier alpha value is -1.85. The zero-order valence-electron chi connectivity index (χ0n) is 12.3. The van der Waals surface area contributed by atoms with Crippen LogP contribution in [0.15, 0.2) is 30.3 Å². The third-order valence-electron chi connectivity index (χ3n) is 3.61. The molecular formula is C16H21N3O2. The highest BCUT2D eigenvalue weighted by molar-refractivity contribution is 5.60. The predicted molar refractivity (Wildman–Crippen MR) is 81.3 cm³/mol. The van der Waals surface area contributed by atoms with Gasteiger partial charge >= 0.3 is 0 Å². The number of H-pyrrole nitrogens is 1. The van der Waals surface area contributed by atoms with Gasteiger partial charge in [0.2, 0.25) is 0 Å². The highest BCUT2D eigenvalue weighted by Gasteiger charge is 2.15. The van der Waals surface area contributed by atoms with E-state index in [1.54, 1.807) is 0 Å². The van der Waals surface area contributed by atoms with Gasteiger partial charge in [0.1, 0.15) is 12.4 Å². The summed E-state index contributed by atoms with van der Waals surface area (Å²) in [4.78, 5) is 0. The number of benzene rings is 1. The van der Waals surface area contributed by atoms with Crippen molar-refractivity contribution >= 4 is 0 Å². The quantitative estimate of drug-likeness (QED) is 0.856. The Morgan fingerprint density at radius 1 is 1.38 bits per heavy atom. The molecule has 1 atom stereocenters. The number of rotatable bonds is 6. The maximum Gasteiger partial charge on any atom is 0.119 e. The second kappa shape index (κ2) is 6.74. The van der Waals surface area contributed by atoms with Crippen LogP contribution in [-0.2, 0) is 11.3 Å². The Morgan fingerprint density at radius 2 is 2.24 bits per heavy atom. The van der Waals surface area contributed by atoms with Gasteiger partial charge in [-0.1, -0.05) is 0 Å². The lowest BCUT2D eigenvalue weighted by atomic mass is 10.1. The van der Waals surface area contributed by atoms with Gasteiger partial charge in [-0.3, -0.25) is 5.10 Å². The number of ether oxygens (including phenoxy) is 2. The topological polar surface area (TPSA) is 59.2 Å². The Kier molecular flexibility index (Phi) is 4.52. The van der Waals surface area contributed by atoms with Crippen molar-refractivity contribution in [1.29, 1.82) is 0 Å². The van der Waals surface area contributed by atoms with Crippen LogP contribution in [0.1, 0.15) is 18.5 Å². The molecule has 0 aliphatic carbocycles. The van der Waals surface area contributed by atoms with Gasteiger partial charge in [-0.25, -0.2) is 0 Å². The molecule has 0 bridgehead atoms. The van der Waals surface area contributed by atoms with Crippen molar-refractivity contribution in [3.8, 4) is 17.0 Å². The Balaban J connectivity index is 1.59. The molecule has 1 aliphatic rings. The fraction of sp³-hybridized carbons (Fsp3) is 0.438. The van der Waals surface area contributed by atoms with Crippen LogP contribution < -0.4 is 10.1 Å². The highest BCUT2D eigenvalue weighted by Crippen LogP contribution is 2.22. The lowest BCUT2D eigenvalue weighted by molar-refractivity contribution is 0.0679. The zero-order valence-corrected chi connectivity index (χ0v) is 12.3. The van der Waals surface area contributed by atoms with E-state index < -0.39 is 0 Å². The molecule has 0 spiro atoms. The van der Waals surface area contributed by atoms with Crippen molar-refractivity contribution in [2.45, 2.75) is 25.5 Å². The van der Waals surface area contributed by atoms with E-state index in [1.165, 1.54) is 0 Å². The Labute approximate surface area is 124 Å². The van der Waals surface area contributed by atoms with Gasteiger partial charge in [0.15, 0.2) is 0 Å². The average Bonchev–Trinajstić information content (AvgIpc) is 3.17. The van der Waals surface area contributed by atoms with Crippen LogP contribution >= 0.6 is 0 Å². The van der Waals surface area contributed by atoms with Crippen molar-refractivity contribution in [3.05, 3.63) is 36.0 Å². The molecule has 0 saturated carbocycles. The maximum absolute atomic E-state index is 5.76. The smallest absolute Gasteiger partial charge is 0.119 e. The molecule has 1 aromatic carbocycles. The largest absolute Gasteiger partial charge is 0.491 e. The molecule has 2 N–H and O–H groups in total. The van der Waals surface area contributed by atoms with Crippen LogP contribution in [0, 0.1) is 0 Å². The first-order chi connectivity index (χ1) is 10.3. The minimum absolute atomic E-state index is 0.250. The van der Waals surface area contributed by atoms with Gasteiger partial charge in [-0.15, -0.1) is 0 Å². The number of hydrogen-bond acceptors (Lipinski definition) is 4. The van der Waals surface area contributed by atoms with Gasteiger partial charge in [-0.2, -0.15) is 5.10 Å². The molecule has 5 heteroatoms. The van der Waals surface area contributed by atoms with Gasteiger partial charge in [-0.05, 0) is 50.2 Å². The predicted octanol–water partition coefficient (Wildman–Crippen LogP) is 2.35. The van der Waals surface area contributed by atoms with Gasteiger partial charge in [0.25, 0.3) is 0 Å². The first kappa shape index (κ1) is 14.1. The molecule has 3 rings (SSSR count). The van der Waals surface area contributed by atoms with Crippen LogP contribution in [0.3, 0.4) is 0 Å². The average molecular weight is 287 g/mol. The van der Waals surface area contributed by atoms with E-state index in [-0.39, 0.29) is 6.10 Å². The molecule has 5 nitrogen and oxygen atoms in total. The third-order valence-corrected chi connectivity index (χ3v) is 3.61. The molecule has 21 heavy (non-hydrogen) atoms. The Bertz CT molecular complexity index is 559. The van der Waals surface area contributed by atoms with E-state index in [9.17, 15) is 0 Å². The summed E-state index contributed by atoms with van der Waals surface area (Å²) in [5.41, 5.74) is 3.11. The van der Waals surface area contributed by atoms with Crippen molar-refractivity contribution in [2.24, 2.45) is 0 Å². The second-order valence-corrected chi connectivity index (χ2v) is 5.28. The molecule has 1 aromatic heterocycles. The first-order valence-corrected chi connectivity index (χ1v) is 7.39. The fourth-order valence-corrected chi connectivity index (χ4v) is 2.48. The van der Waals surface area contributed by atoms with Crippen molar-refractivity contribution in [1.82, 2.24) is 15.5 Å². The zero-order chi connectivity index (χ0) is 14.5. The van der Waals surface area contributed by atoms with Crippen LogP contribution in [0.4, 0.5) is 0 Å². The number of aromatic nitrogens is 2. The van der Waals surface area contributed by atoms with Gasteiger partial charge in [0, 0.05) is 24.4 Å². The first-order valence-electron chi connectivity index (χ1n) is 7.39. The molecule has 112 valence electrons. The van der Waals surface area contributed by atoms with Crippen molar-refractivity contribution < 1.29 is 9.47 Å². The van der Waals surface area contributed by atoms with Crippen LogP contribution in [0.2, 0.25) is 0 Å². The van der Waals surface area contributed by atoms with Gasteiger partial charge in [0.05, 0.1) is 11.8 Å². The summed E-state index contributed by atoms with van der Waals surface area (Å²) in [5.74, 6) is 0.875. The number of nitrogens with zero attached hydrogens (tertiary/aromatic N) is 1. The summed E-state index contributed by atoms with van der Waals surface area (Å²) >= 11 is 0. The van der Waals surface area contributed by atoms with Crippen LogP contribution in [0.25, 0.3) is 11.3 Å². The fourth-order valence-electron chi connectivity index (χ4n) is 2.48. The summed E-state index contributed by atoms with van der Waals surface area (Å²) in [6, 6.07) is 10.1. The lowest BCUT2D eigenvalue weighted by Crippen LogP contribution is -2.16. The van der Waals surface area contributed by atoms with Crippen molar-refractivity contribution in [2.75, 3.05) is 20.3 Å². The highest BCUT2D eigenvalue weighted by atomic mass is 16.5. The molecule has 1 unspecified atom stereocenters. The molecular weight excluding hydrogens is 266 g/mol. The lowest BCUT2D eigenvalue weighted by Gasteiger charge is -2.11.